The van der Waals surface area contributed by atoms with Crippen molar-refractivity contribution in [2.45, 2.75) is 58.9 Å². The molecule has 130 valence electrons. The van der Waals surface area contributed by atoms with E-state index in [1.807, 2.05) is 11.6 Å². The van der Waals surface area contributed by atoms with Crippen molar-refractivity contribution in [2.75, 3.05) is 26.7 Å². The van der Waals surface area contributed by atoms with E-state index in [0.717, 1.165) is 45.0 Å². The lowest BCUT2D eigenvalue weighted by Crippen LogP contribution is -2.50. The van der Waals surface area contributed by atoms with Crippen molar-refractivity contribution >= 4 is 5.96 Å². The first-order valence-corrected chi connectivity index (χ1v) is 8.95. The topological polar surface area (TPSA) is 58.3 Å². The number of hydrogen-bond donors (Lipinski definition) is 1. The monoisotopic (exact) mass is 320 g/mol. The Labute approximate surface area is 140 Å². The molecule has 0 radical (unpaired) electrons. The molecule has 0 saturated carbocycles. The Balaban J connectivity index is 1.72. The van der Waals surface area contributed by atoms with Crippen LogP contribution in [0.3, 0.4) is 0 Å². The Kier molecular flexibility index (Phi) is 6.86. The molecule has 0 bridgehead atoms. The lowest BCUT2D eigenvalue weighted by molar-refractivity contribution is 0.142. The third kappa shape index (κ3) is 5.52. The molecule has 1 N–H and O–H groups in total. The molecule has 0 aromatic carbocycles. The fourth-order valence-electron chi connectivity index (χ4n) is 3.59. The highest BCUT2D eigenvalue weighted by Crippen LogP contribution is 2.33. The van der Waals surface area contributed by atoms with Crippen LogP contribution in [0, 0.1) is 5.41 Å². The van der Waals surface area contributed by atoms with E-state index in [9.17, 15) is 0 Å². The average molecular weight is 320 g/mol. The molecule has 0 spiro atoms. The fourth-order valence-corrected chi connectivity index (χ4v) is 3.59. The quantitative estimate of drug-likeness (QED) is 0.476. The SMILES string of the molecule is CCCC1(C)CCCN(C(=NC)NCCCCn2cnnc2)C1. The average Bonchev–Trinajstić information content (AvgIpc) is 3.04. The smallest absolute Gasteiger partial charge is 0.193 e. The van der Waals surface area contributed by atoms with Gasteiger partial charge in [0.1, 0.15) is 12.7 Å². The largest absolute Gasteiger partial charge is 0.356 e. The highest BCUT2D eigenvalue weighted by atomic mass is 15.3. The van der Waals surface area contributed by atoms with Gasteiger partial charge in [0, 0.05) is 33.2 Å². The van der Waals surface area contributed by atoms with Crippen molar-refractivity contribution in [3.8, 4) is 0 Å². The summed E-state index contributed by atoms with van der Waals surface area (Å²) in [6, 6.07) is 0. The maximum Gasteiger partial charge on any atom is 0.193 e. The van der Waals surface area contributed by atoms with Gasteiger partial charge in [0.05, 0.1) is 0 Å². The van der Waals surface area contributed by atoms with E-state index < -0.39 is 0 Å². The molecule has 6 heteroatoms. The molecule has 1 unspecified atom stereocenters. The number of unbranched alkanes of at least 4 members (excludes halogenated alkanes) is 1. The second-order valence-corrected chi connectivity index (χ2v) is 6.97. The number of guanidine groups is 1. The van der Waals surface area contributed by atoms with Crippen LogP contribution in [0.1, 0.15) is 52.4 Å². The summed E-state index contributed by atoms with van der Waals surface area (Å²) in [5, 5.41) is 11.2. The van der Waals surface area contributed by atoms with E-state index in [1.165, 1.54) is 25.7 Å². The summed E-state index contributed by atoms with van der Waals surface area (Å²) in [4.78, 5) is 6.93. The van der Waals surface area contributed by atoms with Crippen LogP contribution in [0.25, 0.3) is 0 Å². The number of hydrogen-bond acceptors (Lipinski definition) is 3. The van der Waals surface area contributed by atoms with Crippen LogP contribution in [0.15, 0.2) is 17.6 Å². The third-order valence-corrected chi connectivity index (χ3v) is 4.74. The summed E-state index contributed by atoms with van der Waals surface area (Å²) in [6.45, 7) is 8.91. The van der Waals surface area contributed by atoms with E-state index in [2.05, 4.69) is 39.3 Å². The molecule has 23 heavy (non-hydrogen) atoms. The predicted octanol–water partition coefficient (Wildman–Crippen LogP) is 2.54. The van der Waals surface area contributed by atoms with Gasteiger partial charge in [-0.05, 0) is 37.5 Å². The van der Waals surface area contributed by atoms with Crippen LogP contribution < -0.4 is 5.32 Å². The van der Waals surface area contributed by atoms with Gasteiger partial charge < -0.3 is 14.8 Å². The third-order valence-electron chi connectivity index (χ3n) is 4.74. The number of aliphatic imine (C=N–C) groups is 1. The van der Waals surface area contributed by atoms with Crippen molar-refractivity contribution in [3.05, 3.63) is 12.7 Å². The lowest BCUT2D eigenvalue weighted by Gasteiger charge is -2.42. The second kappa shape index (κ2) is 8.89. The molecule has 1 atom stereocenters. The standard InChI is InChI=1S/C17H32N6/c1-4-8-17(2)9-7-12-23(13-17)16(18-3)19-10-5-6-11-22-14-20-21-15-22/h14-15H,4-13H2,1-3H3,(H,18,19). The zero-order valence-electron chi connectivity index (χ0n) is 15.0. The van der Waals surface area contributed by atoms with E-state index in [-0.39, 0.29) is 0 Å². The van der Waals surface area contributed by atoms with Crippen LogP contribution in [-0.4, -0.2) is 52.3 Å². The number of nitrogens with zero attached hydrogens (tertiary/aromatic N) is 5. The van der Waals surface area contributed by atoms with E-state index in [1.54, 1.807) is 12.7 Å². The molecule has 6 nitrogen and oxygen atoms in total. The molecular formula is C17H32N6. The van der Waals surface area contributed by atoms with Crippen LogP contribution in [0.4, 0.5) is 0 Å². The van der Waals surface area contributed by atoms with Gasteiger partial charge in [-0.15, -0.1) is 10.2 Å². The first-order valence-electron chi connectivity index (χ1n) is 8.95. The van der Waals surface area contributed by atoms with E-state index >= 15 is 0 Å². The second-order valence-electron chi connectivity index (χ2n) is 6.97. The molecule has 1 aromatic rings. The molecule has 2 heterocycles. The normalized spacial score (nSPS) is 22.4. The number of aryl methyl sites for hydroxylation is 1. The van der Waals surface area contributed by atoms with Crippen molar-refractivity contribution in [2.24, 2.45) is 10.4 Å². The van der Waals surface area contributed by atoms with Crippen LogP contribution in [0.5, 0.6) is 0 Å². The van der Waals surface area contributed by atoms with Gasteiger partial charge in [0.15, 0.2) is 5.96 Å². The van der Waals surface area contributed by atoms with Gasteiger partial charge in [-0.3, -0.25) is 4.99 Å². The van der Waals surface area contributed by atoms with Gasteiger partial charge in [0.2, 0.25) is 0 Å². The molecule has 1 aromatic heterocycles. The molecule has 1 fully saturated rings. The van der Waals surface area contributed by atoms with Crippen molar-refractivity contribution in [1.82, 2.24) is 25.0 Å². The maximum atomic E-state index is 4.49. The first-order chi connectivity index (χ1) is 11.2. The minimum absolute atomic E-state index is 0.443. The Morgan fingerprint density at radius 1 is 1.30 bits per heavy atom. The predicted molar refractivity (Wildman–Crippen MR) is 94.4 cm³/mol. The summed E-state index contributed by atoms with van der Waals surface area (Å²) in [7, 11) is 1.89. The Bertz CT molecular complexity index is 465. The fraction of sp³-hybridized carbons (Fsp3) is 0.824. The molecule has 0 amide bonds. The van der Waals surface area contributed by atoms with E-state index in [0.29, 0.717) is 5.41 Å². The Morgan fingerprint density at radius 2 is 2.09 bits per heavy atom. The van der Waals surface area contributed by atoms with Crippen molar-refractivity contribution in [3.63, 3.8) is 0 Å². The molecule has 2 rings (SSSR count). The van der Waals surface area contributed by atoms with Gasteiger partial charge in [-0.25, -0.2) is 0 Å². The van der Waals surface area contributed by atoms with Crippen molar-refractivity contribution < 1.29 is 0 Å². The minimum atomic E-state index is 0.443. The van der Waals surface area contributed by atoms with E-state index in [4.69, 9.17) is 0 Å². The van der Waals surface area contributed by atoms with Crippen LogP contribution >= 0.6 is 0 Å². The first kappa shape index (κ1) is 17.8. The maximum absolute atomic E-state index is 4.49. The molecule has 0 aliphatic carbocycles. The van der Waals surface area contributed by atoms with Crippen LogP contribution in [-0.2, 0) is 6.54 Å². The van der Waals surface area contributed by atoms with Gasteiger partial charge in [-0.1, -0.05) is 20.3 Å². The molecular weight excluding hydrogens is 288 g/mol. The van der Waals surface area contributed by atoms with Crippen molar-refractivity contribution in [1.29, 1.82) is 0 Å². The number of aromatic nitrogens is 3. The molecule has 1 aliphatic heterocycles. The lowest BCUT2D eigenvalue weighted by atomic mass is 9.78. The zero-order valence-corrected chi connectivity index (χ0v) is 15.0. The highest BCUT2D eigenvalue weighted by molar-refractivity contribution is 5.80. The highest BCUT2D eigenvalue weighted by Gasteiger charge is 2.31. The van der Waals surface area contributed by atoms with Gasteiger partial charge in [0.25, 0.3) is 0 Å². The number of likely N-dealkylation sites (tertiary alicyclic amines) is 1. The summed E-state index contributed by atoms with van der Waals surface area (Å²) in [5.41, 5.74) is 0.443. The Hall–Kier alpha value is -1.59. The Morgan fingerprint density at radius 3 is 2.78 bits per heavy atom. The minimum Gasteiger partial charge on any atom is -0.356 e. The molecule has 1 saturated heterocycles. The summed E-state index contributed by atoms with van der Waals surface area (Å²) >= 11 is 0. The van der Waals surface area contributed by atoms with Crippen LogP contribution in [0.2, 0.25) is 0 Å². The number of piperidine rings is 1. The summed E-state index contributed by atoms with van der Waals surface area (Å²) in [5.74, 6) is 1.07. The molecule has 1 aliphatic rings. The number of rotatable bonds is 7. The van der Waals surface area contributed by atoms with Gasteiger partial charge >= 0.3 is 0 Å². The summed E-state index contributed by atoms with van der Waals surface area (Å²) in [6.07, 6.45) is 11.0. The zero-order chi connectivity index (χ0) is 16.5. The number of nitrogens with one attached hydrogen (secondary N) is 1. The summed E-state index contributed by atoms with van der Waals surface area (Å²) < 4.78 is 2.02. The van der Waals surface area contributed by atoms with Gasteiger partial charge in [-0.2, -0.15) is 0 Å².